The molecule has 0 radical (unpaired) electrons. The highest BCUT2D eigenvalue weighted by molar-refractivity contribution is 7.15. The van der Waals surface area contributed by atoms with Crippen molar-refractivity contribution < 1.29 is 9.53 Å². The summed E-state index contributed by atoms with van der Waals surface area (Å²) in [5.41, 5.74) is 6.61. The first-order chi connectivity index (χ1) is 7.58. The van der Waals surface area contributed by atoms with Crippen molar-refractivity contribution in [2.75, 3.05) is 19.0 Å². The molecule has 16 heavy (non-hydrogen) atoms. The third-order valence-corrected chi connectivity index (χ3v) is 3.07. The number of anilines is 1. The zero-order valence-electron chi connectivity index (χ0n) is 9.74. The Morgan fingerprint density at radius 3 is 2.88 bits per heavy atom. The van der Waals surface area contributed by atoms with Crippen LogP contribution in [-0.4, -0.2) is 30.6 Å². The van der Waals surface area contributed by atoms with Crippen LogP contribution in [-0.2, 0) is 16.0 Å². The monoisotopic (exact) mass is 243 g/mol. The standard InChI is InChI=1S/C10H17N3O2S/c1-4-8-6(2)16-10(12-8)13-9(14)7(11)5-15-3/h7H,4-5,11H2,1-3H3,(H,12,13,14). The predicted octanol–water partition coefficient (Wildman–Crippen LogP) is 0.926. The van der Waals surface area contributed by atoms with Gasteiger partial charge in [0.05, 0.1) is 12.3 Å². The highest BCUT2D eigenvalue weighted by Gasteiger charge is 2.15. The molecule has 1 aromatic heterocycles. The number of nitrogens with two attached hydrogens (primary N) is 1. The first kappa shape index (κ1) is 13.1. The number of carbonyl (C=O) groups is 1. The van der Waals surface area contributed by atoms with Gasteiger partial charge in [-0.05, 0) is 13.3 Å². The van der Waals surface area contributed by atoms with Crippen molar-refractivity contribution in [1.29, 1.82) is 0 Å². The number of carbonyl (C=O) groups excluding carboxylic acids is 1. The van der Waals surface area contributed by atoms with Crippen LogP contribution >= 0.6 is 11.3 Å². The maximum absolute atomic E-state index is 11.6. The van der Waals surface area contributed by atoms with Gasteiger partial charge in [0.15, 0.2) is 5.13 Å². The molecule has 1 rings (SSSR count). The van der Waals surface area contributed by atoms with E-state index in [0.717, 1.165) is 17.0 Å². The molecule has 0 fully saturated rings. The lowest BCUT2D eigenvalue weighted by Gasteiger charge is -2.08. The average Bonchev–Trinajstić information content (AvgIpc) is 2.59. The Morgan fingerprint density at radius 2 is 2.38 bits per heavy atom. The van der Waals surface area contributed by atoms with E-state index in [1.54, 1.807) is 0 Å². The van der Waals surface area contributed by atoms with Crippen LogP contribution in [0.5, 0.6) is 0 Å². The molecule has 0 aromatic carbocycles. The van der Waals surface area contributed by atoms with Crippen LogP contribution in [0.1, 0.15) is 17.5 Å². The summed E-state index contributed by atoms with van der Waals surface area (Å²) in [5.74, 6) is -0.266. The maximum Gasteiger partial charge on any atom is 0.245 e. The van der Waals surface area contributed by atoms with Gasteiger partial charge in [0.25, 0.3) is 0 Å². The number of hydrogen-bond donors (Lipinski definition) is 2. The van der Waals surface area contributed by atoms with E-state index < -0.39 is 6.04 Å². The zero-order valence-corrected chi connectivity index (χ0v) is 10.6. The molecule has 0 aliphatic rings. The molecule has 0 saturated carbocycles. The van der Waals surface area contributed by atoms with E-state index in [2.05, 4.69) is 10.3 Å². The lowest BCUT2D eigenvalue weighted by molar-refractivity contribution is -0.118. The van der Waals surface area contributed by atoms with E-state index in [0.29, 0.717) is 5.13 Å². The van der Waals surface area contributed by atoms with Crippen molar-refractivity contribution in [1.82, 2.24) is 4.98 Å². The normalized spacial score (nSPS) is 12.5. The number of ether oxygens (including phenoxy) is 1. The number of nitrogens with zero attached hydrogens (tertiary/aromatic N) is 1. The fourth-order valence-corrected chi connectivity index (χ4v) is 2.17. The molecule has 1 unspecified atom stereocenters. The van der Waals surface area contributed by atoms with Gasteiger partial charge >= 0.3 is 0 Å². The molecule has 0 saturated heterocycles. The molecule has 90 valence electrons. The summed E-state index contributed by atoms with van der Waals surface area (Å²) in [6.45, 7) is 4.22. The van der Waals surface area contributed by atoms with Gasteiger partial charge in [-0.25, -0.2) is 4.98 Å². The minimum atomic E-state index is -0.653. The summed E-state index contributed by atoms with van der Waals surface area (Å²) in [4.78, 5) is 17.0. The largest absolute Gasteiger partial charge is 0.383 e. The molecule has 1 atom stereocenters. The summed E-state index contributed by atoms with van der Waals surface area (Å²) >= 11 is 1.46. The molecular formula is C10H17N3O2S. The second-order valence-corrected chi connectivity index (χ2v) is 4.63. The Labute approximate surface area is 99.0 Å². The Bertz CT molecular complexity index is 365. The first-order valence-electron chi connectivity index (χ1n) is 5.10. The summed E-state index contributed by atoms with van der Waals surface area (Å²) in [6.07, 6.45) is 0.863. The van der Waals surface area contributed by atoms with Crippen molar-refractivity contribution >= 4 is 22.4 Å². The number of hydrogen-bond acceptors (Lipinski definition) is 5. The van der Waals surface area contributed by atoms with Crippen LogP contribution in [0.15, 0.2) is 0 Å². The van der Waals surface area contributed by atoms with Gasteiger partial charge in [-0.3, -0.25) is 4.79 Å². The number of nitrogens with one attached hydrogen (secondary N) is 1. The van der Waals surface area contributed by atoms with Gasteiger partial charge in [-0.2, -0.15) is 0 Å². The Morgan fingerprint density at radius 1 is 1.69 bits per heavy atom. The van der Waals surface area contributed by atoms with Crippen LogP contribution in [0.25, 0.3) is 0 Å². The van der Waals surface area contributed by atoms with Gasteiger partial charge in [0.2, 0.25) is 5.91 Å². The fourth-order valence-electron chi connectivity index (χ4n) is 1.26. The maximum atomic E-state index is 11.6. The van der Waals surface area contributed by atoms with E-state index in [1.165, 1.54) is 18.4 Å². The number of rotatable bonds is 5. The van der Waals surface area contributed by atoms with E-state index in [-0.39, 0.29) is 12.5 Å². The molecule has 1 heterocycles. The second-order valence-electron chi connectivity index (χ2n) is 3.43. The van der Waals surface area contributed by atoms with Crippen LogP contribution in [0.2, 0.25) is 0 Å². The van der Waals surface area contributed by atoms with Crippen LogP contribution in [0.4, 0.5) is 5.13 Å². The van der Waals surface area contributed by atoms with Gasteiger partial charge < -0.3 is 15.8 Å². The Hall–Kier alpha value is -0.980. The molecule has 3 N–H and O–H groups in total. The van der Waals surface area contributed by atoms with E-state index >= 15 is 0 Å². The molecule has 0 aliphatic heterocycles. The van der Waals surface area contributed by atoms with Gasteiger partial charge in [-0.15, -0.1) is 11.3 Å². The minimum absolute atomic E-state index is 0.205. The summed E-state index contributed by atoms with van der Waals surface area (Å²) in [7, 11) is 1.51. The number of amides is 1. The molecule has 1 aromatic rings. The first-order valence-corrected chi connectivity index (χ1v) is 5.91. The third-order valence-electron chi connectivity index (χ3n) is 2.14. The van der Waals surface area contributed by atoms with E-state index in [9.17, 15) is 4.79 Å². The summed E-state index contributed by atoms with van der Waals surface area (Å²) < 4.78 is 4.81. The molecule has 1 amide bonds. The van der Waals surface area contributed by atoms with Crippen LogP contribution < -0.4 is 11.1 Å². The van der Waals surface area contributed by atoms with Crippen LogP contribution in [0.3, 0.4) is 0 Å². The van der Waals surface area contributed by atoms with E-state index in [4.69, 9.17) is 10.5 Å². The van der Waals surface area contributed by atoms with Gasteiger partial charge in [0.1, 0.15) is 6.04 Å². The molecule has 0 spiro atoms. The highest BCUT2D eigenvalue weighted by Crippen LogP contribution is 2.22. The number of aromatic nitrogens is 1. The molecular weight excluding hydrogens is 226 g/mol. The van der Waals surface area contributed by atoms with Gasteiger partial charge in [0, 0.05) is 12.0 Å². The van der Waals surface area contributed by atoms with Crippen molar-refractivity contribution in [3.05, 3.63) is 10.6 Å². The van der Waals surface area contributed by atoms with Crippen LogP contribution in [0, 0.1) is 6.92 Å². The third kappa shape index (κ3) is 3.26. The fraction of sp³-hybridized carbons (Fsp3) is 0.600. The Balaban J connectivity index is 2.62. The van der Waals surface area contributed by atoms with Crippen molar-refractivity contribution in [2.45, 2.75) is 26.3 Å². The lowest BCUT2D eigenvalue weighted by atomic mass is 10.3. The minimum Gasteiger partial charge on any atom is -0.383 e. The molecule has 0 aliphatic carbocycles. The summed E-state index contributed by atoms with van der Waals surface area (Å²) in [6, 6.07) is -0.653. The SMILES string of the molecule is CCc1nc(NC(=O)C(N)COC)sc1C. The van der Waals surface area contributed by atoms with Crippen molar-refractivity contribution in [2.24, 2.45) is 5.73 Å². The van der Waals surface area contributed by atoms with E-state index in [1.807, 2.05) is 13.8 Å². The number of aryl methyl sites for hydroxylation is 2. The second kappa shape index (κ2) is 5.93. The predicted molar refractivity (Wildman–Crippen MR) is 64.7 cm³/mol. The molecule has 5 nitrogen and oxygen atoms in total. The Kier molecular flexibility index (Phi) is 4.85. The number of thiazole rings is 1. The smallest absolute Gasteiger partial charge is 0.245 e. The quantitative estimate of drug-likeness (QED) is 0.806. The molecule has 0 bridgehead atoms. The molecule has 6 heteroatoms. The zero-order chi connectivity index (χ0) is 12.1. The lowest BCUT2D eigenvalue weighted by Crippen LogP contribution is -2.39. The topological polar surface area (TPSA) is 77.2 Å². The summed E-state index contributed by atoms with van der Waals surface area (Å²) in [5, 5.41) is 3.29. The van der Waals surface area contributed by atoms with Crippen molar-refractivity contribution in [3.63, 3.8) is 0 Å². The highest BCUT2D eigenvalue weighted by atomic mass is 32.1. The van der Waals surface area contributed by atoms with Crippen molar-refractivity contribution in [3.8, 4) is 0 Å². The van der Waals surface area contributed by atoms with Gasteiger partial charge in [-0.1, -0.05) is 6.92 Å². The number of methoxy groups -OCH3 is 1. The average molecular weight is 243 g/mol.